The fraction of sp³-hybridized carbons (Fsp3) is 0.474. The minimum atomic E-state index is -4.67. The Labute approximate surface area is 151 Å². The molecule has 0 aliphatic heterocycles. The highest BCUT2D eigenvalue weighted by molar-refractivity contribution is 6.04. The van der Waals surface area contributed by atoms with Gasteiger partial charge in [-0.05, 0) is 38.0 Å². The van der Waals surface area contributed by atoms with Gasteiger partial charge in [-0.25, -0.2) is 0 Å². The molecule has 0 aromatic heterocycles. The van der Waals surface area contributed by atoms with Crippen molar-refractivity contribution in [3.63, 3.8) is 0 Å². The molecule has 0 radical (unpaired) electrons. The maximum absolute atomic E-state index is 12.5. The molecule has 0 spiro atoms. The lowest BCUT2D eigenvalue weighted by Gasteiger charge is -2.25. The van der Waals surface area contributed by atoms with Gasteiger partial charge in [-0.15, -0.1) is 13.2 Å². The third-order valence-corrected chi connectivity index (χ3v) is 4.36. The Kier molecular flexibility index (Phi) is 6.23. The van der Waals surface area contributed by atoms with Crippen LogP contribution in [0.1, 0.15) is 33.1 Å². The Morgan fingerprint density at radius 1 is 1.12 bits per heavy atom. The number of nitrogens with two attached hydrogens (primary N) is 1. The fourth-order valence-corrected chi connectivity index (χ4v) is 2.79. The molecule has 0 aromatic rings. The van der Waals surface area contributed by atoms with Gasteiger partial charge >= 0.3 is 6.36 Å². The molecule has 0 bridgehead atoms. The molecule has 7 heteroatoms. The second kappa shape index (κ2) is 8.03. The summed E-state index contributed by atoms with van der Waals surface area (Å²) < 4.78 is 41.8. The summed E-state index contributed by atoms with van der Waals surface area (Å²) in [5, 5.41) is 3.72. The number of rotatable bonds is 4. The van der Waals surface area contributed by atoms with Gasteiger partial charge in [0.1, 0.15) is 0 Å². The molecule has 26 heavy (non-hydrogen) atoms. The first-order valence-electron chi connectivity index (χ1n) is 8.44. The molecule has 0 saturated carbocycles. The molecular formula is C19H24F3N3O. The summed E-state index contributed by atoms with van der Waals surface area (Å²) in [4.78, 5) is 4.50. The highest BCUT2D eigenvalue weighted by atomic mass is 19.4. The summed E-state index contributed by atoms with van der Waals surface area (Å²) in [7, 11) is 0. The normalized spacial score (nSPS) is 32.2. The van der Waals surface area contributed by atoms with Gasteiger partial charge in [-0.2, -0.15) is 5.10 Å². The van der Waals surface area contributed by atoms with Crippen LogP contribution in [0.2, 0.25) is 0 Å². The molecule has 2 rings (SSSR count). The summed E-state index contributed by atoms with van der Waals surface area (Å²) in [6.45, 7) is 4.04. The molecule has 2 atom stereocenters. The van der Waals surface area contributed by atoms with Crippen LogP contribution in [-0.4, -0.2) is 29.9 Å². The molecule has 0 saturated heterocycles. The second-order valence-corrected chi connectivity index (χ2v) is 6.92. The van der Waals surface area contributed by atoms with Gasteiger partial charge in [0, 0.05) is 18.4 Å². The zero-order valence-corrected chi connectivity index (χ0v) is 15.0. The summed E-state index contributed by atoms with van der Waals surface area (Å²) in [6.07, 6.45) is 11.4. The molecule has 0 fully saturated rings. The first kappa shape index (κ1) is 20.2. The molecule has 0 aromatic carbocycles. The lowest BCUT2D eigenvalue weighted by atomic mass is 9.86. The Hall–Kier alpha value is -2.15. The van der Waals surface area contributed by atoms with Crippen molar-refractivity contribution in [2.45, 2.75) is 45.1 Å². The number of alkyl halides is 3. The van der Waals surface area contributed by atoms with E-state index in [0.29, 0.717) is 18.7 Å². The zero-order valence-electron chi connectivity index (χ0n) is 15.0. The smallest absolute Gasteiger partial charge is 0.323 e. The van der Waals surface area contributed by atoms with Crippen LogP contribution in [0.15, 0.2) is 58.7 Å². The maximum atomic E-state index is 12.5. The van der Waals surface area contributed by atoms with Crippen LogP contribution in [-0.2, 0) is 4.74 Å². The molecule has 2 aliphatic rings. The van der Waals surface area contributed by atoms with Crippen molar-refractivity contribution in [1.29, 1.82) is 0 Å². The van der Waals surface area contributed by atoms with E-state index >= 15 is 0 Å². The summed E-state index contributed by atoms with van der Waals surface area (Å²) in [6, 6.07) is 0. The molecule has 0 heterocycles. The first-order chi connectivity index (χ1) is 12.1. The van der Waals surface area contributed by atoms with Gasteiger partial charge in [0.2, 0.25) is 0 Å². The van der Waals surface area contributed by atoms with E-state index in [1.807, 2.05) is 12.2 Å². The lowest BCUT2D eigenvalue weighted by molar-refractivity contribution is -0.355. The van der Waals surface area contributed by atoms with E-state index in [4.69, 9.17) is 5.84 Å². The highest BCUT2D eigenvalue weighted by Crippen LogP contribution is 2.30. The van der Waals surface area contributed by atoms with E-state index < -0.39 is 12.0 Å². The molecule has 142 valence electrons. The zero-order chi connectivity index (χ0) is 19.3. The van der Waals surface area contributed by atoms with E-state index in [2.05, 4.69) is 33.9 Å². The Morgan fingerprint density at radius 2 is 1.88 bits per heavy atom. The van der Waals surface area contributed by atoms with Crippen LogP contribution in [0.25, 0.3) is 0 Å². The van der Waals surface area contributed by atoms with Crippen molar-refractivity contribution in [3.05, 3.63) is 48.6 Å². The molecule has 4 nitrogen and oxygen atoms in total. The lowest BCUT2D eigenvalue weighted by Crippen LogP contribution is -2.32. The minimum absolute atomic E-state index is 0.131. The largest absolute Gasteiger partial charge is 0.523 e. The third-order valence-electron chi connectivity index (χ3n) is 4.36. The average Bonchev–Trinajstić information content (AvgIpc) is 2.82. The molecular weight excluding hydrogens is 343 g/mol. The third kappa shape index (κ3) is 6.29. The maximum Gasteiger partial charge on any atom is 0.523 e. The predicted octanol–water partition coefficient (Wildman–Crippen LogP) is 4.47. The van der Waals surface area contributed by atoms with E-state index in [1.54, 1.807) is 18.2 Å². The van der Waals surface area contributed by atoms with Gasteiger partial charge in [0.15, 0.2) is 0 Å². The van der Waals surface area contributed by atoms with Gasteiger partial charge < -0.3 is 5.84 Å². The second-order valence-electron chi connectivity index (χ2n) is 6.92. The van der Waals surface area contributed by atoms with Crippen LogP contribution < -0.4 is 5.84 Å². The van der Waals surface area contributed by atoms with E-state index in [1.165, 1.54) is 13.0 Å². The number of hydrazone groups is 1. The van der Waals surface area contributed by atoms with Crippen molar-refractivity contribution in [2.75, 3.05) is 6.54 Å². The predicted molar refractivity (Wildman–Crippen MR) is 98.0 cm³/mol. The fourth-order valence-electron chi connectivity index (χ4n) is 2.79. The van der Waals surface area contributed by atoms with E-state index in [9.17, 15) is 13.2 Å². The van der Waals surface area contributed by atoms with Gasteiger partial charge in [0.05, 0.1) is 17.0 Å². The topological polar surface area (TPSA) is 60.0 Å². The number of ether oxygens (including phenoxy) is 1. The van der Waals surface area contributed by atoms with E-state index in [-0.39, 0.29) is 11.8 Å². The van der Waals surface area contributed by atoms with E-state index in [0.717, 1.165) is 12.1 Å². The van der Waals surface area contributed by atoms with Crippen molar-refractivity contribution in [1.82, 2.24) is 0 Å². The standard InChI is InChI=1S/C19H24F3N3O/c1-17(9-3-6-16(25-23)7-11-17)13-14-24-15-5-4-10-18(2,12-8-15)26-19(20,21)22/h3-5,7-9,11-12H,6,10,13-14,23H2,1-2H3/b24-15?,25-16+. The number of nitrogens with zero attached hydrogens (tertiary/aromatic N) is 2. The number of allylic oxidation sites excluding steroid dienone is 6. The van der Waals surface area contributed by atoms with Crippen LogP contribution in [0.3, 0.4) is 0 Å². The van der Waals surface area contributed by atoms with Crippen molar-refractivity contribution in [3.8, 4) is 0 Å². The summed E-state index contributed by atoms with van der Waals surface area (Å²) >= 11 is 0. The summed E-state index contributed by atoms with van der Waals surface area (Å²) in [5.74, 6) is 5.32. The Morgan fingerprint density at radius 3 is 2.58 bits per heavy atom. The molecule has 0 amide bonds. The number of aliphatic imine (C=N–C) groups is 1. The van der Waals surface area contributed by atoms with Crippen molar-refractivity contribution < 1.29 is 17.9 Å². The molecule has 2 aliphatic carbocycles. The first-order valence-corrected chi connectivity index (χ1v) is 8.44. The Balaban J connectivity index is 2.01. The number of halogens is 3. The highest BCUT2D eigenvalue weighted by Gasteiger charge is 2.39. The van der Waals surface area contributed by atoms with Crippen LogP contribution >= 0.6 is 0 Å². The van der Waals surface area contributed by atoms with Gasteiger partial charge in [-0.3, -0.25) is 9.73 Å². The number of hydrogen-bond donors (Lipinski definition) is 1. The monoisotopic (exact) mass is 367 g/mol. The molecule has 2 unspecified atom stereocenters. The van der Waals surface area contributed by atoms with Crippen molar-refractivity contribution >= 4 is 11.4 Å². The number of hydrogen-bond acceptors (Lipinski definition) is 4. The Bertz CT molecular complexity index is 689. The molecule has 2 N–H and O–H groups in total. The van der Waals surface area contributed by atoms with Crippen molar-refractivity contribution in [2.24, 2.45) is 21.4 Å². The minimum Gasteiger partial charge on any atom is -0.323 e. The van der Waals surface area contributed by atoms with Crippen LogP contribution in [0.5, 0.6) is 0 Å². The average molecular weight is 367 g/mol. The van der Waals surface area contributed by atoms with Crippen LogP contribution in [0, 0.1) is 5.41 Å². The van der Waals surface area contributed by atoms with Gasteiger partial charge in [0.25, 0.3) is 0 Å². The van der Waals surface area contributed by atoms with Crippen LogP contribution in [0.4, 0.5) is 13.2 Å². The van der Waals surface area contributed by atoms with Gasteiger partial charge in [-0.1, -0.05) is 37.3 Å². The SMILES string of the molecule is CC1(CCN=C2C=CCC(C)(OC(F)(F)F)C=C2)C=CC/C(=N\N)C=C1. The summed E-state index contributed by atoms with van der Waals surface area (Å²) in [5.41, 5.74) is -0.130. The quantitative estimate of drug-likeness (QED) is 0.453.